The first kappa shape index (κ1) is 23.4. The van der Waals surface area contributed by atoms with Crippen LogP contribution in [-0.4, -0.2) is 24.5 Å². The van der Waals surface area contributed by atoms with E-state index in [4.69, 9.17) is 4.74 Å². The molecule has 0 aliphatic heterocycles. The number of carbonyl (C=O) groups excluding carboxylic acids is 1. The number of unbranched alkanes of at least 4 members (excludes halogenated alkanes) is 3. The Morgan fingerprint density at radius 1 is 1.10 bits per heavy atom. The third-order valence-electron chi connectivity index (χ3n) is 4.97. The van der Waals surface area contributed by atoms with E-state index in [2.05, 4.69) is 41.5 Å². The van der Waals surface area contributed by atoms with E-state index in [0.717, 1.165) is 37.9 Å². The Balaban J connectivity index is 1.80. The summed E-state index contributed by atoms with van der Waals surface area (Å²) in [7, 11) is 1.67. The van der Waals surface area contributed by atoms with Crippen molar-refractivity contribution in [3.8, 4) is 5.75 Å². The molecule has 0 spiro atoms. The summed E-state index contributed by atoms with van der Waals surface area (Å²) in [5.41, 5.74) is 3.65. The van der Waals surface area contributed by atoms with Crippen LogP contribution in [0.15, 0.2) is 67.0 Å². The van der Waals surface area contributed by atoms with Gasteiger partial charge in [-0.15, -0.1) is 0 Å². The van der Waals surface area contributed by atoms with Crippen LogP contribution in [-0.2, 0) is 11.2 Å². The molecule has 0 aliphatic carbocycles. The smallest absolute Gasteiger partial charge is 0.243 e. The molecular weight excluding hydrogens is 372 g/mol. The number of methoxy groups -OCH3 is 1. The second-order valence-corrected chi connectivity index (χ2v) is 7.35. The number of nitrogens with zero attached hydrogens (tertiary/aromatic N) is 1. The van der Waals surface area contributed by atoms with E-state index in [1.807, 2.05) is 30.5 Å². The SMILES string of the molecule is CCCCC/C(=C\C=C\C(=O)NCCCCc1cccnc1)c1ccc(OC)cc1. The van der Waals surface area contributed by atoms with Gasteiger partial charge in [0.25, 0.3) is 0 Å². The third kappa shape index (κ3) is 9.08. The molecule has 1 N–H and O–H groups in total. The highest BCUT2D eigenvalue weighted by atomic mass is 16.5. The first-order valence-electron chi connectivity index (χ1n) is 10.9. The summed E-state index contributed by atoms with van der Waals surface area (Å²) in [5, 5.41) is 2.96. The van der Waals surface area contributed by atoms with Crippen LogP contribution >= 0.6 is 0 Å². The van der Waals surface area contributed by atoms with Gasteiger partial charge in [-0.25, -0.2) is 0 Å². The van der Waals surface area contributed by atoms with Gasteiger partial charge in [0.1, 0.15) is 5.75 Å². The molecule has 0 radical (unpaired) electrons. The lowest BCUT2D eigenvalue weighted by atomic mass is 9.99. The van der Waals surface area contributed by atoms with Crippen molar-refractivity contribution in [3.63, 3.8) is 0 Å². The molecule has 0 aliphatic rings. The standard InChI is InChI=1S/C26H34N2O2/c1-3-4-5-12-23(24-15-17-25(30-2)18-16-24)13-8-14-26(29)28-20-7-6-10-22-11-9-19-27-21-22/h8-9,11,13-19,21H,3-7,10,12,20H2,1-2H3,(H,28,29)/b14-8+,23-13+. The summed E-state index contributed by atoms with van der Waals surface area (Å²) in [6.45, 7) is 2.90. The second kappa shape index (κ2) is 14.2. The van der Waals surface area contributed by atoms with Crippen molar-refractivity contribution in [2.24, 2.45) is 0 Å². The lowest BCUT2D eigenvalue weighted by molar-refractivity contribution is -0.116. The zero-order chi connectivity index (χ0) is 21.4. The molecule has 2 rings (SSSR count). The van der Waals surface area contributed by atoms with Gasteiger partial charge in [-0.1, -0.05) is 50.1 Å². The number of aromatic nitrogens is 1. The van der Waals surface area contributed by atoms with E-state index in [1.54, 1.807) is 19.4 Å². The van der Waals surface area contributed by atoms with Gasteiger partial charge in [0, 0.05) is 25.0 Å². The molecule has 0 atom stereocenters. The fraction of sp³-hybridized carbons (Fsp3) is 0.385. The molecule has 1 aromatic carbocycles. The summed E-state index contributed by atoms with van der Waals surface area (Å²) >= 11 is 0. The number of ether oxygens (including phenoxy) is 1. The number of aryl methyl sites for hydroxylation is 1. The number of pyridine rings is 1. The van der Waals surface area contributed by atoms with Gasteiger partial charge in [0.15, 0.2) is 0 Å². The molecule has 0 fully saturated rings. The van der Waals surface area contributed by atoms with E-state index in [9.17, 15) is 4.79 Å². The summed E-state index contributed by atoms with van der Waals surface area (Å²) in [6, 6.07) is 12.1. The molecule has 1 heterocycles. The molecule has 160 valence electrons. The Hall–Kier alpha value is -2.88. The number of nitrogens with one attached hydrogen (secondary N) is 1. The van der Waals surface area contributed by atoms with E-state index in [0.29, 0.717) is 6.54 Å². The Labute approximate surface area is 181 Å². The first-order chi connectivity index (χ1) is 14.7. The second-order valence-electron chi connectivity index (χ2n) is 7.35. The van der Waals surface area contributed by atoms with Crippen molar-refractivity contribution in [3.05, 3.63) is 78.1 Å². The number of benzene rings is 1. The summed E-state index contributed by atoms with van der Waals surface area (Å²) in [4.78, 5) is 16.2. The third-order valence-corrected chi connectivity index (χ3v) is 4.97. The Morgan fingerprint density at radius 3 is 2.63 bits per heavy atom. The maximum atomic E-state index is 12.1. The maximum absolute atomic E-state index is 12.1. The Kier molecular flexibility index (Phi) is 11.0. The van der Waals surface area contributed by atoms with E-state index < -0.39 is 0 Å². The Bertz CT molecular complexity index is 796. The number of carbonyl (C=O) groups is 1. The molecular formula is C26H34N2O2. The van der Waals surface area contributed by atoms with Gasteiger partial charge < -0.3 is 10.1 Å². The van der Waals surface area contributed by atoms with E-state index in [1.165, 1.54) is 29.5 Å². The molecule has 1 aromatic heterocycles. The number of hydrogen-bond donors (Lipinski definition) is 1. The zero-order valence-electron chi connectivity index (χ0n) is 18.3. The van der Waals surface area contributed by atoms with Crippen molar-refractivity contribution < 1.29 is 9.53 Å². The average molecular weight is 407 g/mol. The van der Waals surface area contributed by atoms with Crippen LogP contribution < -0.4 is 10.1 Å². The van der Waals surface area contributed by atoms with Crippen molar-refractivity contribution >= 4 is 11.5 Å². The minimum atomic E-state index is -0.0460. The molecule has 30 heavy (non-hydrogen) atoms. The normalized spacial score (nSPS) is 11.6. The molecule has 4 heteroatoms. The van der Waals surface area contributed by atoms with E-state index >= 15 is 0 Å². The van der Waals surface area contributed by atoms with Crippen LogP contribution in [0.25, 0.3) is 5.57 Å². The predicted molar refractivity (Wildman–Crippen MR) is 124 cm³/mol. The molecule has 0 bridgehead atoms. The number of amides is 1. The largest absolute Gasteiger partial charge is 0.497 e. The van der Waals surface area contributed by atoms with Crippen molar-refractivity contribution in [1.82, 2.24) is 10.3 Å². The van der Waals surface area contributed by atoms with Gasteiger partial charge in [-0.3, -0.25) is 9.78 Å². The fourth-order valence-electron chi connectivity index (χ4n) is 3.22. The average Bonchev–Trinajstić information content (AvgIpc) is 2.79. The molecule has 0 saturated heterocycles. The molecule has 4 nitrogen and oxygen atoms in total. The van der Waals surface area contributed by atoms with Gasteiger partial charge >= 0.3 is 0 Å². The number of allylic oxidation sites excluding steroid dienone is 3. The van der Waals surface area contributed by atoms with Crippen LogP contribution in [0, 0.1) is 0 Å². The topological polar surface area (TPSA) is 51.2 Å². The molecule has 1 amide bonds. The summed E-state index contributed by atoms with van der Waals surface area (Å²) in [6.07, 6.45) is 16.7. The van der Waals surface area contributed by atoms with Gasteiger partial charge in [0.05, 0.1) is 7.11 Å². The highest BCUT2D eigenvalue weighted by molar-refractivity contribution is 5.88. The zero-order valence-corrected chi connectivity index (χ0v) is 18.3. The van der Waals surface area contributed by atoms with Gasteiger partial charge in [-0.05, 0) is 67.0 Å². The maximum Gasteiger partial charge on any atom is 0.243 e. The molecule has 0 unspecified atom stereocenters. The predicted octanol–water partition coefficient (Wildman–Crippen LogP) is 5.75. The van der Waals surface area contributed by atoms with Crippen LogP contribution in [0.3, 0.4) is 0 Å². The quantitative estimate of drug-likeness (QED) is 0.262. The van der Waals surface area contributed by atoms with E-state index in [-0.39, 0.29) is 5.91 Å². The fourth-order valence-corrected chi connectivity index (χ4v) is 3.22. The number of hydrogen-bond acceptors (Lipinski definition) is 3. The van der Waals surface area contributed by atoms with Crippen LogP contribution in [0.4, 0.5) is 0 Å². The summed E-state index contributed by atoms with van der Waals surface area (Å²) < 4.78 is 5.25. The lowest BCUT2D eigenvalue weighted by Gasteiger charge is -2.08. The molecule has 0 saturated carbocycles. The highest BCUT2D eigenvalue weighted by Gasteiger charge is 2.02. The number of rotatable bonds is 13. The van der Waals surface area contributed by atoms with Gasteiger partial charge in [0.2, 0.25) is 5.91 Å². The van der Waals surface area contributed by atoms with Gasteiger partial charge in [-0.2, -0.15) is 0 Å². The Morgan fingerprint density at radius 2 is 1.93 bits per heavy atom. The summed E-state index contributed by atoms with van der Waals surface area (Å²) in [5.74, 6) is 0.806. The van der Waals surface area contributed by atoms with Crippen molar-refractivity contribution in [2.45, 2.75) is 51.9 Å². The van der Waals surface area contributed by atoms with Crippen LogP contribution in [0.5, 0.6) is 5.75 Å². The van der Waals surface area contributed by atoms with Crippen molar-refractivity contribution in [1.29, 1.82) is 0 Å². The van der Waals surface area contributed by atoms with Crippen molar-refractivity contribution in [2.75, 3.05) is 13.7 Å². The first-order valence-corrected chi connectivity index (χ1v) is 10.9. The lowest BCUT2D eigenvalue weighted by Crippen LogP contribution is -2.22. The highest BCUT2D eigenvalue weighted by Crippen LogP contribution is 2.23. The monoisotopic (exact) mass is 406 g/mol. The molecule has 2 aromatic rings. The minimum absolute atomic E-state index is 0.0460. The van der Waals surface area contributed by atoms with Crippen LogP contribution in [0.2, 0.25) is 0 Å². The minimum Gasteiger partial charge on any atom is -0.497 e. The van der Waals surface area contributed by atoms with Crippen LogP contribution in [0.1, 0.15) is 56.6 Å².